The molecule has 0 spiro atoms. The molecule has 122 valence electrons. The maximum atomic E-state index is 5.87. The Morgan fingerprint density at radius 3 is 2.50 bits per heavy atom. The highest BCUT2D eigenvalue weighted by atomic mass is 35.5. The van der Waals surface area contributed by atoms with Crippen molar-refractivity contribution >= 4 is 34.7 Å². The molecule has 0 saturated heterocycles. The van der Waals surface area contributed by atoms with E-state index < -0.39 is 0 Å². The number of nitrogens with one attached hydrogen (secondary N) is 2. The van der Waals surface area contributed by atoms with Gasteiger partial charge in [-0.3, -0.25) is 4.68 Å². The smallest absolute Gasteiger partial charge is 0.172 e. The molecule has 0 saturated carbocycles. The van der Waals surface area contributed by atoms with Crippen LogP contribution < -0.4 is 10.6 Å². The maximum Gasteiger partial charge on any atom is 0.172 e. The number of aromatic nitrogens is 2. The zero-order valence-electron chi connectivity index (χ0n) is 12.9. The molecule has 3 rings (SSSR count). The number of hydrogen-bond acceptors (Lipinski definition) is 2. The molecule has 2 N–H and O–H groups in total. The minimum atomic E-state index is 0.537. The molecule has 4 nitrogen and oxygen atoms in total. The van der Waals surface area contributed by atoms with Crippen molar-refractivity contribution < 1.29 is 0 Å². The van der Waals surface area contributed by atoms with E-state index in [1.165, 1.54) is 5.56 Å². The molecule has 1 heterocycles. The molecule has 2 aromatic carbocycles. The lowest BCUT2D eigenvalue weighted by Crippen LogP contribution is -2.28. The normalized spacial score (nSPS) is 10.4. The number of benzene rings is 2. The lowest BCUT2D eigenvalue weighted by Gasteiger charge is -2.08. The van der Waals surface area contributed by atoms with Crippen molar-refractivity contribution in [3.63, 3.8) is 0 Å². The summed E-state index contributed by atoms with van der Waals surface area (Å²) in [6.07, 6.45) is 1.93. The molecule has 1 aromatic heterocycles. The number of nitrogens with zero attached hydrogens (tertiary/aromatic N) is 2. The van der Waals surface area contributed by atoms with Gasteiger partial charge in [0, 0.05) is 23.8 Å². The predicted molar refractivity (Wildman–Crippen MR) is 102 cm³/mol. The van der Waals surface area contributed by atoms with E-state index >= 15 is 0 Å². The van der Waals surface area contributed by atoms with Crippen molar-refractivity contribution in [3.8, 4) is 0 Å². The molecule has 24 heavy (non-hydrogen) atoms. The SMILES string of the molecule is S=C(NCc1ccc(Cl)cc1)Nc1ccn(Cc2ccccc2)n1. The fraction of sp³-hybridized carbons (Fsp3) is 0.111. The van der Waals surface area contributed by atoms with Gasteiger partial charge in [0.1, 0.15) is 0 Å². The topological polar surface area (TPSA) is 41.9 Å². The summed E-state index contributed by atoms with van der Waals surface area (Å²) in [6.45, 7) is 1.36. The molecular weight excluding hydrogens is 340 g/mol. The van der Waals surface area contributed by atoms with Crippen molar-refractivity contribution in [2.24, 2.45) is 0 Å². The third-order valence-corrected chi connectivity index (χ3v) is 3.93. The molecule has 0 unspecified atom stereocenters. The molecule has 0 bridgehead atoms. The van der Waals surface area contributed by atoms with Crippen LogP contribution in [0.2, 0.25) is 5.02 Å². The average Bonchev–Trinajstić information content (AvgIpc) is 3.02. The van der Waals surface area contributed by atoms with Gasteiger partial charge < -0.3 is 10.6 Å². The summed E-state index contributed by atoms with van der Waals surface area (Å²) in [4.78, 5) is 0. The van der Waals surface area contributed by atoms with Crippen LogP contribution >= 0.6 is 23.8 Å². The lowest BCUT2D eigenvalue weighted by atomic mass is 10.2. The van der Waals surface area contributed by atoms with E-state index in [1.54, 1.807) is 0 Å². The highest BCUT2D eigenvalue weighted by Gasteiger charge is 2.03. The minimum absolute atomic E-state index is 0.537. The van der Waals surface area contributed by atoms with E-state index in [0.29, 0.717) is 11.7 Å². The van der Waals surface area contributed by atoms with E-state index in [4.69, 9.17) is 23.8 Å². The molecule has 0 aliphatic heterocycles. The summed E-state index contributed by atoms with van der Waals surface area (Å²) < 4.78 is 1.87. The third kappa shape index (κ3) is 4.81. The number of hydrogen-bond donors (Lipinski definition) is 2. The largest absolute Gasteiger partial charge is 0.358 e. The Kier molecular flexibility index (Phi) is 5.46. The van der Waals surface area contributed by atoms with E-state index in [9.17, 15) is 0 Å². The summed E-state index contributed by atoms with van der Waals surface area (Å²) in [5, 5.41) is 12.0. The van der Waals surface area contributed by atoms with E-state index in [0.717, 1.165) is 22.9 Å². The van der Waals surface area contributed by atoms with Gasteiger partial charge in [-0.15, -0.1) is 0 Å². The minimum Gasteiger partial charge on any atom is -0.358 e. The van der Waals surface area contributed by atoms with Gasteiger partial charge in [-0.05, 0) is 35.5 Å². The highest BCUT2D eigenvalue weighted by molar-refractivity contribution is 7.80. The average molecular weight is 357 g/mol. The second kappa shape index (κ2) is 7.95. The standard InChI is InChI=1S/C18H17ClN4S/c19-16-8-6-14(7-9-16)12-20-18(24)21-17-10-11-23(22-17)13-15-4-2-1-3-5-15/h1-11H,12-13H2,(H2,20,21,22,24). The van der Waals surface area contributed by atoms with Crippen LogP contribution in [-0.2, 0) is 13.1 Å². The second-order valence-corrected chi connectivity index (χ2v) is 6.16. The quantitative estimate of drug-likeness (QED) is 0.676. The van der Waals surface area contributed by atoms with Crippen molar-refractivity contribution in [3.05, 3.63) is 83.0 Å². The van der Waals surface area contributed by atoms with Gasteiger partial charge in [0.2, 0.25) is 0 Å². The zero-order valence-corrected chi connectivity index (χ0v) is 14.5. The van der Waals surface area contributed by atoms with E-state index in [-0.39, 0.29) is 0 Å². The van der Waals surface area contributed by atoms with Gasteiger partial charge in [0.05, 0.1) is 6.54 Å². The Labute approximate surface area is 151 Å². The zero-order chi connectivity index (χ0) is 16.8. The van der Waals surface area contributed by atoms with Crippen LogP contribution in [0.4, 0.5) is 5.82 Å². The van der Waals surface area contributed by atoms with Gasteiger partial charge in [0.25, 0.3) is 0 Å². The number of rotatable bonds is 5. The van der Waals surface area contributed by atoms with Gasteiger partial charge >= 0.3 is 0 Å². The van der Waals surface area contributed by atoms with Crippen molar-refractivity contribution in [1.29, 1.82) is 0 Å². The summed E-state index contributed by atoms with van der Waals surface area (Å²) in [5.74, 6) is 0.722. The molecule has 0 radical (unpaired) electrons. The summed E-state index contributed by atoms with van der Waals surface area (Å²) in [7, 11) is 0. The Morgan fingerprint density at radius 1 is 1.00 bits per heavy atom. The molecule has 0 amide bonds. The first-order valence-corrected chi connectivity index (χ1v) is 8.34. The number of thiocarbonyl (C=S) groups is 1. The summed E-state index contributed by atoms with van der Waals surface area (Å²) >= 11 is 11.2. The molecule has 0 fully saturated rings. The first-order chi connectivity index (χ1) is 11.7. The van der Waals surface area contributed by atoms with Crippen molar-refractivity contribution in [2.45, 2.75) is 13.1 Å². The van der Waals surface area contributed by atoms with Crippen molar-refractivity contribution in [1.82, 2.24) is 15.1 Å². The molecule has 0 atom stereocenters. The van der Waals surface area contributed by atoms with Gasteiger partial charge in [-0.1, -0.05) is 54.1 Å². The lowest BCUT2D eigenvalue weighted by molar-refractivity contribution is 0.690. The fourth-order valence-electron chi connectivity index (χ4n) is 2.23. The first kappa shape index (κ1) is 16.5. The highest BCUT2D eigenvalue weighted by Crippen LogP contribution is 2.09. The van der Waals surface area contributed by atoms with Crippen LogP contribution in [0.15, 0.2) is 66.9 Å². The molecule has 3 aromatic rings. The second-order valence-electron chi connectivity index (χ2n) is 5.32. The predicted octanol–water partition coefficient (Wildman–Crippen LogP) is 4.07. The Bertz CT molecular complexity index is 799. The molecule has 6 heteroatoms. The van der Waals surface area contributed by atoms with Crippen molar-refractivity contribution in [2.75, 3.05) is 5.32 Å². The van der Waals surface area contributed by atoms with Crippen LogP contribution in [0.5, 0.6) is 0 Å². The molecule has 0 aliphatic rings. The van der Waals surface area contributed by atoms with Crippen LogP contribution in [-0.4, -0.2) is 14.9 Å². The Morgan fingerprint density at radius 2 is 1.75 bits per heavy atom. The Balaban J connectivity index is 1.50. The van der Waals surface area contributed by atoms with E-state index in [2.05, 4.69) is 27.9 Å². The maximum absolute atomic E-state index is 5.87. The number of anilines is 1. The van der Waals surface area contributed by atoms with Gasteiger partial charge in [-0.2, -0.15) is 5.10 Å². The molecular formula is C18H17ClN4S. The van der Waals surface area contributed by atoms with Crippen LogP contribution in [0.25, 0.3) is 0 Å². The van der Waals surface area contributed by atoms with Gasteiger partial charge in [0.15, 0.2) is 10.9 Å². The van der Waals surface area contributed by atoms with Gasteiger partial charge in [-0.25, -0.2) is 0 Å². The summed E-state index contributed by atoms with van der Waals surface area (Å²) in [6, 6.07) is 19.8. The number of halogens is 1. The fourth-order valence-corrected chi connectivity index (χ4v) is 2.53. The first-order valence-electron chi connectivity index (χ1n) is 7.56. The van der Waals surface area contributed by atoms with Crippen LogP contribution in [0.3, 0.4) is 0 Å². The summed E-state index contributed by atoms with van der Waals surface area (Å²) in [5.41, 5.74) is 2.31. The van der Waals surface area contributed by atoms with Crippen LogP contribution in [0.1, 0.15) is 11.1 Å². The third-order valence-electron chi connectivity index (χ3n) is 3.44. The Hall–Kier alpha value is -2.37. The van der Waals surface area contributed by atoms with Crippen LogP contribution in [0, 0.1) is 0 Å². The van der Waals surface area contributed by atoms with E-state index in [1.807, 2.05) is 59.4 Å². The monoisotopic (exact) mass is 356 g/mol. The molecule has 0 aliphatic carbocycles.